The zero-order valence-corrected chi connectivity index (χ0v) is 11.8. The fourth-order valence-electron chi connectivity index (χ4n) is 2.23. The Kier molecular flexibility index (Phi) is 4.64. The molecule has 1 unspecified atom stereocenters. The van der Waals surface area contributed by atoms with Gasteiger partial charge in [-0.1, -0.05) is 0 Å². The van der Waals surface area contributed by atoms with Crippen LogP contribution >= 0.6 is 0 Å². The predicted molar refractivity (Wildman–Crippen MR) is 73.9 cm³/mol. The van der Waals surface area contributed by atoms with Gasteiger partial charge in [0.25, 0.3) is 0 Å². The molecule has 1 N–H and O–H groups in total. The summed E-state index contributed by atoms with van der Waals surface area (Å²) in [7, 11) is 0. The first-order valence-corrected chi connectivity index (χ1v) is 7.08. The summed E-state index contributed by atoms with van der Waals surface area (Å²) in [4.78, 5) is 4.57. The molecule has 18 heavy (non-hydrogen) atoms. The van der Waals surface area contributed by atoms with Gasteiger partial charge in [0.05, 0.1) is 5.69 Å². The third-order valence-corrected chi connectivity index (χ3v) is 3.47. The molecule has 4 heteroatoms. The third kappa shape index (κ3) is 3.73. The van der Waals surface area contributed by atoms with Crippen molar-refractivity contribution in [1.29, 1.82) is 0 Å². The van der Waals surface area contributed by atoms with Gasteiger partial charge in [0.2, 0.25) is 5.95 Å². The van der Waals surface area contributed by atoms with E-state index in [9.17, 15) is 0 Å². The molecular formula is C14H25N3O. The van der Waals surface area contributed by atoms with E-state index in [0.29, 0.717) is 6.04 Å². The molecule has 1 aliphatic carbocycles. The Morgan fingerprint density at radius 3 is 3.00 bits per heavy atom. The largest absolute Gasteiger partial charge is 0.382 e. The van der Waals surface area contributed by atoms with Crippen LogP contribution in [0.2, 0.25) is 0 Å². The van der Waals surface area contributed by atoms with Crippen molar-refractivity contribution < 1.29 is 4.74 Å². The van der Waals surface area contributed by atoms with Gasteiger partial charge in [-0.05, 0) is 46.0 Å². The number of rotatable bonds is 8. The summed E-state index contributed by atoms with van der Waals surface area (Å²) in [6.07, 6.45) is 5.88. The van der Waals surface area contributed by atoms with Crippen LogP contribution in [-0.2, 0) is 11.3 Å². The summed E-state index contributed by atoms with van der Waals surface area (Å²) in [5.41, 5.74) is 1.08. The van der Waals surface area contributed by atoms with Crippen molar-refractivity contribution in [2.75, 3.05) is 18.5 Å². The standard InChI is InChI=1S/C14H25N3O/c1-4-18-9-5-8-17-10-11(2)15-14(17)16-12(3)13-6-7-13/h10,12-13H,4-9H2,1-3H3,(H,15,16). The van der Waals surface area contributed by atoms with Crippen molar-refractivity contribution >= 4 is 5.95 Å². The van der Waals surface area contributed by atoms with Crippen LogP contribution < -0.4 is 5.32 Å². The number of aromatic nitrogens is 2. The Morgan fingerprint density at radius 2 is 2.33 bits per heavy atom. The highest BCUT2D eigenvalue weighted by Gasteiger charge is 2.28. The van der Waals surface area contributed by atoms with Crippen molar-refractivity contribution in [3.63, 3.8) is 0 Å². The van der Waals surface area contributed by atoms with E-state index in [2.05, 4.69) is 28.0 Å². The molecule has 1 atom stereocenters. The van der Waals surface area contributed by atoms with Crippen LogP contribution in [0.3, 0.4) is 0 Å². The summed E-state index contributed by atoms with van der Waals surface area (Å²) in [6.45, 7) is 8.93. The minimum Gasteiger partial charge on any atom is -0.382 e. The third-order valence-electron chi connectivity index (χ3n) is 3.47. The summed E-state index contributed by atoms with van der Waals surface area (Å²) in [5, 5.41) is 3.55. The number of aryl methyl sites for hydroxylation is 2. The molecule has 0 aliphatic heterocycles. The van der Waals surface area contributed by atoms with Gasteiger partial charge in [-0.15, -0.1) is 0 Å². The summed E-state index contributed by atoms with van der Waals surface area (Å²) in [6, 6.07) is 0.539. The number of nitrogens with zero attached hydrogens (tertiary/aromatic N) is 2. The van der Waals surface area contributed by atoms with Crippen molar-refractivity contribution in [3.8, 4) is 0 Å². The van der Waals surface area contributed by atoms with Gasteiger partial charge in [0.15, 0.2) is 0 Å². The Balaban J connectivity index is 1.87. The first-order chi connectivity index (χ1) is 8.70. The second kappa shape index (κ2) is 6.23. The molecule has 1 saturated carbocycles. The predicted octanol–water partition coefficient (Wildman–Crippen LogP) is 2.83. The molecule has 0 amide bonds. The van der Waals surface area contributed by atoms with Crippen LogP contribution in [0.25, 0.3) is 0 Å². The zero-order valence-electron chi connectivity index (χ0n) is 11.8. The topological polar surface area (TPSA) is 39.1 Å². The molecule has 0 saturated heterocycles. The molecule has 1 aliphatic rings. The highest BCUT2D eigenvalue weighted by atomic mass is 16.5. The lowest BCUT2D eigenvalue weighted by atomic mass is 10.2. The zero-order chi connectivity index (χ0) is 13.0. The molecule has 4 nitrogen and oxygen atoms in total. The second-order valence-electron chi connectivity index (χ2n) is 5.22. The van der Waals surface area contributed by atoms with Gasteiger partial charge in [-0.2, -0.15) is 0 Å². The van der Waals surface area contributed by atoms with Crippen LogP contribution in [0.15, 0.2) is 6.20 Å². The summed E-state index contributed by atoms with van der Waals surface area (Å²) in [5.74, 6) is 1.86. The number of nitrogens with one attached hydrogen (secondary N) is 1. The van der Waals surface area contributed by atoms with Gasteiger partial charge in [-0.25, -0.2) is 4.98 Å². The summed E-state index contributed by atoms with van der Waals surface area (Å²) >= 11 is 0. The Bertz CT molecular complexity index is 371. The second-order valence-corrected chi connectivity index (χ2v) is 5.22. The van der Waals surface area contributed by atoms with Gasteiger partial charge in [0, 0.05) is 32.0 Å². The maximum Gasteiger partial charge on any atom is 0.203 e. The molecule has 0 radical (unpaired) electrons. The van der Waals surface area contributed by atoms with Crippen molar-refractivity contribution in [2.24, 2.45) is 5.92 Å². The monoisotopic (exact) mass is 251 g/mol. The summed E-state index contributed by atoms with van der Waals surface area (Å²) < 4.78 is 7.59. The first-order valence-electron chi connectivity index (χ1n) is 7.08. The van der Waals surface area contributed by atoms with Crippen LogP contribution in [-0.4, -0.2) is 28.8 Å². The number of ether oxygens (including phenoxy) is 1. The van der Waals surface area contributed by atoms with E-state index in [1.54, 1.807) is 0 Å². The van der Waals surface area contributed by atoms with Crippen LogP contribution in [0.1, 0.15) is 38.8 Å². The van der Waals surface area contributed by atoms with E-state index in [4.69, 9.17) is 4.74 Å². The Morgan fingerprint density at radius 1 is 1.56 bits per heavy atom. The number of anilines is 1. The van der Waals surface area contributed by atoms with E-state index in [0.717, 1.165) is 43.7 Å². The molecule has 1 fully saturated rings. The minimum atomic E-state index is 0.539. The van der Waals surface area contributed by atoms with E-state index in [1.165, 1.54) is 12.8 Å². The van der Waals surface area contributed by atoms with E-state index in [-0.39, 0.29) is 0 Å². The Labute approximate surface area is 110 Å². The lowest BCUT2D eigenvalue weighted by Gasteiger charge is -2.15. The van der Waals surface area contributed by atoms with Gasteiger partial charge in [0.1, 0.15) is 0 Å². The van der Waals surface area contributed by atoms with E-state index in [1.807, 2.05) is 13.8 Å². The maximum absolute atomic E-state index is 5.38. The smallest absolute Gasteiger partial charge is 0.203 e. The van der Waals surface area contributed by atoms with Crippen molar-refractivity contribution in [1.82, 2.24) is 9.55 Å². The highest BCUT2D eigenvalue weighted by molar-refractivity contribution is 5.30. The number of imidazole rings is 1. The van der Waals surface area contributed by atoms with Crippen LogP contribution in [0.5, 0.6) is 0 Å². The molecule has 102 valence electrons. The average molecular weight is 251 g/mol. The fraction of sp³-hybridized carbons (Fsp3) is 0.786. The number of hydrogen-bond acceptors (Lipinski definition) is 3. The van der Waals surface area contributed by atoms with Gasteiger partial charge in [-0.3, -0.25) is 0 Å². The molecule has 1 aromatic heterocycles. The molecule has 2 rings (SSSR count). The van der Waals surface area contributed by atoms with Crippen molar-refractivity contribution in [3.05, 3.63) is 11.9 Å². The van der Waals surface area contributed by atoms with Gasteiger partial charge >= 0.3 is 0 Å². The molecule has 0 bridgehead atoms. The molecule has 1 heterocycles. The van der Waals surface area contributed by atoms with E-state index >= 15 is 0 Å². The normalized spacial score (nSPS) is 16.8. The van der Waals surface area contributed by atoms with Crippen LogP contribution in [0, 0.1) is 12.8 Å². The highest BCUT2D eigenvalue weighted by Crippen LogP contribution is 2.33. The SMILES string of the molecule is CCOCCCn1cc(C)nc1NC(C)C1CC1. The maximum atomic E-state index is 5.38. The van der Waals surface area contributed by atoms with E-state index < -0.39 is 0 Å². The molecule has 0 aromatic carbocycles. The average Bonchev–Trinajstić information content (AvgIpc) is 3.12. The molecular weight excluding hydrogens is 226 g/mol. The minimum absolute atomic E-state index is 0.539. The van der Waals surface area contributed by atoms with Gasteiger partial charge < -0.3 is 14.6 Å². The first kappa shape index (κ1) is 13.4. The molecule has 1 aromatic rings. The fourth-order valence-corrected chi connectivity index (χ4v) is 2.23. The lowest BCUT2D eigenvalue weighted by molar-refractivity contribution is 0.142. The van der Waals surface area contributed by atoms with Crippen molar-refractivity contribution in [2.45, 2.75) is 52.6 Å². The van der Waals surface area contributed by atoms with Crippen LogP contribution in [0.4, 0.5) is 5.95 Å². The number of hydrogen-bond donors (Lipinski definition) is 1. The molecule has 0 spiro atoms. The lowest BCUT2D eigenvalue weighted by Crippen LogP contribution is -2.20. The Hall–Kier alpha value is -1.03. The quantitative estimate of drug-likeness (QED) is 0.722.